The summed E-state index contributed by atoms with van der Waals surface area (Å²) in [5.41, 5.74) is 0. The average molecular weight is 1160 g/mol. The standard InChI is InChI=1S/C76H149NO5/c1-3-5-7-9-11-13-15-17-19-20-21-22-23-25-28-31-34-37-41-44-48-52-56-60-64-68-74(79)73(72-78)77-75(80)69-65-61-57-53-49-45-42-38-35-32-29-26-24-27-30-33-36-39-43-47-51-55-59-63-67-71-82-76(81)70-66-62-58-54-50-46-40-18-16-14-12-10-8-6-4-2/h18,40,73-74,78-79H,3-17,19-39,41-72H2,1-2H3,(H,77,80)/b40-18-. The average Bonchev–Trinajstić information content (AvgIpc) is 3.48. The number of aliphatic hydroxyl groups excluding tert-OH is 2. The van der Waals surface area contributed by atoms with Crippen LogP contribution in [-0.4, -0.2) is 47.4 Å². The van der Waals surface area contributed by atoms with Crippen LogP contribution in [0, 0.1) is 0 Å². The molecule has 0 aliphatic rings. The van der Waals surface area contributed by atoms with Crippen LogP contribution in [0.2, 0.25) is 0 Å². The summed E-state index contributed by atoms with van der Waals surface area (Å²) in [6.07, 6.45) is 89.9. The number of unbranched alkanes of at least 4 members (excludes halogenated alkanes) is 59. The number of hydrogen-bond acceptors (Lipinski definition) is 5. The lowest BCUT2D eigenvalue weighted by Crippen LogP contribution is -2.45. The molecule has 0 fully saturated rings. The number of aliphatic hydroxyl groups is 2. The molecule has 0 radical (unpaired) electrons. The highest BCUT2D eigenvalue weighted by Crippen LogP contribution is 2.20. The van der Waals surface area contributed by atoms with Crippen molar-refractivity contribution in [3.05, 3.63) is 12.2 Å². The van der Waals surface area contributed by atoms with E-state index in [9.17, 15) is 19.8 Å². The second kappa shape index (κ2) is 72.1. The number of amides is 1. The van der Waals surface area contributed by atoms with Gasteiger partial charge in [-0.3, -0.25) is 9.59 Å². The van der Waals surface area contributed by atoms with E-state index in [2.05, 4.69) is 31.3 Å². The van der Waals surface area contributed by atoms with Crippen molar-refractivity contribution in [3.8, 4) is 0 Å². The van der Waals surface area contributed by atoms with Crippen LogP contribution in [0.1, 0.15) is 438 Å². The first-order valence-corrected chi connectivity index (χ1v) is 37.9. The Hall–Kier alpha value is -1.40. The number of ether oxygens (including phenoxy) is 1. The van der Waals surface area contributed by atoms with Crippen molar-refractivity contribution in [2.45, 2.75) is 450 Å². The minimum atomic E-state index is -0.664. The van der Waals surface area contributed by atoms with E-state index >= 15 is 0 Å². The smallest absolute Gasteiger partial charge is 0.305 e. The normalized spacial score (nSPS) is 12.5. The van der Waals surface area contributed by atoms with Gasteiger partial charge in [-0.25, -0.2) is 0 Å². The molecule has 488 valence electrons. The molecule has 6 heteroatoms. The quantitative estimate of drug-likeness (QED) is 0.0320. The van der Waals surface area contributed by atoms with Crippen LogP contribution < -0.4 is 5.32 Å². The first kappa shape index (κ1) is 80.6. The Balaban J connectivity index is 3.36. The van der Waals surface area contributed by atoms with Crippen molar-refractivity contribution >= 4 is 11.9 Å². The lowest BCUT2D eigenvalue weighted by Gasteiger charge is -2.22. The maximum absolute atomic E-state index is 12.6. The third kappa shape index (κ3) is 67.7. The molecule has 0 rings (SSSR count). The summed E-state index contributed by atoms with van der Waals surface area (Å²) >= 11 is 0. The summed E-state index contributed by atoms with van der Waals surface area (Å²) < 4.78 is 5.49. The number of allylic oxidation sites excluding steroid dienone is 2. The summed E-state index contributed by atoms with van der Waals surface area (Å²) in [6.45, 7) is 5.00. The van der Waals surface area contributed by atoms with Gasteiger partial charge >= 0.3 is 5.97 Å². The van der Waals surface area contributed by atoms with E-state index < -0.39 is 12.1 Å². The zero-order valence-corrected chi connectivity index (χ0v) is 56.0. The largest absolute Gasteiger partial charge is 0.466 e. The van der Waals surface area contributed by atoms with Crippen molar-refractivity contribution in [3.63, 3.8) is 0 Å². The molecule has 1 amide bonds. The number of esters is 1. The van der Waals surface area contributed by atoms with Crippen molar-refractivity contribution in [1.82, 2.24) is 5.32 Å². The molecule has 0 saturated carbocycles. The van der Waals surface area contributed by atoms with Gasteiger partial charge in [-0.2, -0.15) is 0 Å². The molecule has 3 N–H and O–H groups in total. The molecule has 0 aromatic carbocycles. The minimum absolute atomic E-state index is 0.00989. The third-order valence-electron chi connectivity index (χ3n) is 18.1. The Morgan fingerprint density at radius 2 is 0.573 bits per heavy atom. The van der Waals surface area contributed by atoms with Crippen molar-refractivity contribution in [1.29, 1.82) is 0 Å². The summed E-state index contributed by atoms with van der Waals surface area (Å²) in [4.78, 5) is 24.7. The monoisotopic (exact) mass is 1160 g/mol. The van der Waals surface area contributed by atoms with Crippen molar-refractivity contribution < 1.29 is 24.5 Å². The zero-order valence-electron chi connectivity index (χ0n) is 56.0. The number of hydrogen-bond donors (Lipinski definition) is 3. The Bertz CT molecular complexity index is 1240. The van der Waals surface area contributed by atoms with Gasteiger partial charge in [-0.15, -0.1) is 0 Å². The van der Waals surface area contributed by atoms with Crippen LogP contribution in [0.25, 0.3) is 0 Å². The maximum atomic E-state index is 12.6. The lowest BCUT2D eigenvalue weighted by atomic mass is 10.0. The predicted molar refractivity (Wildman–Crippen MR) is 361 cm³/mol. The van der Waals surface area contributed by atoms with Crippen LogP contribution >= 0.6 is 0 Å². The highest BCUT2D eigenvalue weighted by molar-refractivity contribution is 5.76. The SMILES string of the molecule is CCCCCCCC/C=C\CCCCCCCC(=O)OCCCCCCCCCCCCCCCCCCCCCCCCCCCC(=O)NC(CO)C(O)CCCCCCCCCCCCCCCCCCCCCCCCCCC. The van der Waals surface area contributed by atoms with Crippen LogP contribution in [0.15, 0.2) is 12.2 Å². The van der Waals surface area contributed by atoms with Gasteiger partial charge < -0.3 is 20.3 Å². The molecular formula is C76H149NO5. The molecule has 0 aliphatic carbocycles. The molecule has 0 heterocycles. The summed E-state index contributed by atoms with van der Waals surface area (Å²) in [5, 5.41) is 23.5. The molecule has 0 saturated heterocycles. The van der Waals surface area contributed by atoms with Gasteiger partial charge in [0.25, 0.3) is 0 Å². The van der Waals surface area contributed by atoms with E-state index in [4.69, 9.17) is 4.74 Å². The van der Waals surface area contributed by atoms with Crippen LogP contribution in [0.4, 0.5) is 0 Å². The number of nitrogens with one attached hydrogen (secondary N) is 1. The van der Waals surface area contributed by atoms with E-state index in [1.165, 1.54) is 360 Å². The molecule has 2 unspecified atom stereocenters. The zero-order chi connectivity index (χ0) is 59.2. The lowest BCUT2D eigenvalue weighted by molar-refractivity contribution is -0.143. The van der Waals surface area contributed by atoms with Gasteiger partial charge in [0, 0.05) is 12.8 Å². The number of carbonyl (C=O) groups excluding carboxylic acids is 2. The van der Waals surface area contributed by atoms with Crippen LogP contribution in [-0.2, 0) is 14.3 Å². The molecular weight excluding hydrogens is 1010 g/mol. The molecule has 6 nitrogen and oxygen atoms in total. The van der Waals surface area contributed by atoms with Crippen LogP contribution in [0.5, 0.6) is 0 Å². The number of rotatable bonds is 72. The number of carbonyl (C=O) groups is 2. The maximum Gasteiger partial charge on any atom is 0.305 e. The fourth-order valence-corrected chi connectivity index (χ4v) is 12.3. The van der Waals surface area contributed by atoms with Gasteiger partial charge in [0.15, 0.2) is 0 Å². The second-order valence-corrected chi connectivity index (χ2v) is 26.3. The minimum Gasteiger partial charge on any atom is -0.466 e. The molecule has 0 aromatic heterocycles. The van der Waals surface area contributed by atoms with Crippen molar-refractivity contribution in [2.24, 2.45) is 0 Å². The van der Waals surface area contributed by atoms with E-state index in [0.29, 0.717) is 25.9 Å². The summed E-state index contributed by atoms with van der Waals surface area (Å²) in [5.74, 6) is -0.0174. The molecule has 82 heavy (non-hydrogen) atoms. The molecule has 0 bridgehead atoms. The van der Waals surface area contributed by atoms with E-state index in [0.717, 1.165) is 44.9 Å². The first-order valence-electron chi connectivity index (χ1n) is 37.9. The fourth-order valence-electron chi connectivity index (χ4n) is 12.3. The predicted octanol–water partition coefficient (Wildman–Crippen LogP) is 24.7. The Labute approximate surface area is 514 Å². The second-order valence-electron chi connectivity index (χ2n) is 26.3. The van der Waals surface area contributed by atoms with Gasteiger partial charge in [0.05, 0.1) is 25.4 Å². The van der Waals surface area contributed by atoms with Gasteiger partial charge in [0.2, 0.25) is 5.91 Å². The Morgan fingerprint density at radius 1 is 0.329 bits per heavy atom. The third-order valence-corrected chi connectivity index (χ3v) is 18.1. The fraction of sp³-hybridized carbons (Fsp3) is 0.947. The Kier molecular flexibility index (Phi) is 70.8. The highest BCUT2D eigenvalue weighted by Gasteiger charge is 2.20. The molecule has 2 atom stereocenters. The van der Waals surface area contributed by atoms with E-state index in [-0.39, 0.29) is 18.5 Å². The highest BCUT2D eigenvalue weighted by atomic mass is 16.5. The molecule has 0 aromatic rings. The van der Waals surface area contributed by atoms with Gasteiger partial charge in [-0.05, 0) is 51.4 Å². The summed E-state index contributed by atoms with van der Waals surface area (Å²) in [6, 6.07) is -0.541. The summed E-state index contributed by atoms with van der Waals surface area (Å²) in [7, 11) is 0. The van der Waals surface area contributed by atoms with Crippen molar-refractivity contribution in [2.75, 3.05) is 13.2 Å². The van der Waals surface area contributed by atoms with Crippen LogP contribution in [0.3, 0.4) is 0 Å². The van der Waals surface area contributed by atoms with E-state index in [1.807, 2.05) is 0 Å². The van der Waals surface area contributed by atoms with Gasteiger partial charge in [0.1, 0.15) is 0 Å². The first-order chi connectivity index (χ1) is 40.5. The van der Waals surface area contributed by atoms with E-state index in [1.54, 1.807) is 0 Å². The molecule has 0 aliphatic heterocycles. The Morgan fingerprint density at radius 3 is 0.866 bits per heavy atom. The topological polar surface area (TPSA) is 95.9 Å². The molecule has 0 spiro atoms. The van der Waals surface area contributed by atoms with Gasteiger partial charge in [-0.1, -0.05) is 386 Å².